The topological polar surface area (TPSA) is 43.6 Å². The summed E-state index contributed by atoms with van der Waals surface area (Å²) in [4.78, 5) is 17.8. The van der Waals surface area contributed by atoms with Crippen molar-refractivity contribution in [1.82, 2.24) is 4.57 Å². The minimum absolute atomic E-state index is 0.127. The number of amides is 1. The Morgan fingerprint density at radius 3 is 2.78 bits per heavy atom. The molecule has 4 nitrogen and oxygen atoms in total. The predicted molar refractivity (Wildman–Crippen MR) is 114 cm³/mol. The molecule has 142 valence electrons. The summed E-state index contributed by atoms with van der Waals surface area (Å²) < 4.78 is 9.69. The van der Waals surface area contributed by atoms with Gasteiger partial charge in [0, 0.05) is 17.6 Å². The van der Waals surface area contributed by atoms with E-state index in [2.05, 4.69) is 50.6 Å². The zero-order valence-electron chi connectivity index (χ0n) is 15.8. The molecule has 0 radical (unpaired) electrons. The Hall–Kier alpha value is -1.76. The van der Waals surface area contributed by atoms with Crippen molar-refractivity contribution >= 4 is 43.4 Å². The van der Waals surface area contributed by atoms with E-state index in [1.807, 2.05) is 32.0 Å². The van der Waals surface area contributed by atoms with E-state index in [9.17, 15) is 4.79 Å². The number of ether oxygens (including phenoxy) is 1. The Balaban J connectivity index is 1.95. The first kappa shape index (κ1) is 20.0. The number of hydrogen-bond acceptors (Lipinski definition) is 3. The van der Waals surface area contributed by atoms with Crippen molar-refractivity contribution in [2.75, 3.05) is 13.2 Å². The molecule has 0 spiro atoms. The van der Waals surface area contributed by atoms with Gasteiger partial charge in [0.25, 0.3) is 5.91 Å². The quantitative estimate of drug-likeness (QED) is 0.510. The highest BCUT2D eigenvalue weighted by Gasteiger charge is 2.10. The van der Waals surface area contributed by atoms with Crippen molar-refractivity contribution in [1.29, 1.82) is 0 Å². The Morgan fingerprint density at radius 2 is 2.04 bits per heavy atom. The zero-order valence-corrected chi connectivity index (χ0v) is 18.2. The molecule has 1 aromatic heterocycles. The SMILES string of the molecule is CCOCCn1c(=NC(=O)Cc2ccc(C)cc2C)sc2cc(Br)ccc21. The lowest BCUT2D eigenvalue weighted by Gasteiger charge is -2.06. The third-order valence-corrected chi connectivity index (χ3v) is 5.90. The molecule has 0 saturated heterocycles. The second-order valence-corrected chi connectivity index (χ2v) is 8.38. The summed E-state index contributed by atoms with van der Waals surface area (Å²) in [5.74, 6) is -0.127. The number of fused-ring (bicyclic) bond motifs is 1. The number of carbonyl (C=O) groups excluding carboxylic acids is 1. The first-order valence-electron chi connectivity index (χ1n) is 8.98. The van der Waals surface area contributed by atoms with Gasteiger partial charge in [-0.25, -0.2) is 0 Å². The van der Waals surface area contributed by atoms with Crippen LogP contribution in [-0.2, 0) is 22.5 Å². The lowest BCUT2D eigenvalue weighted by Crippen LogP contribution is -2.20. The van der Waals surface area contributed by atoms with Crippen LogP contribution in [0, 0.1) is 13.8 Å². The zero-order chi connectivity index (χ0) is 19.4. The average Bonchev–Trinajstić information content (AvgIpc) is 2.94. The molecule has 1 amide bonds. The maximum atomic E-state index is 12.6. The molecule has 0 fully saturated rings. The summed E-state index contributed by atoms with van der Waals surface area (Å²) in [6.45, 7) is 8.01. The van der Waals surface area contributed by atoms with Gasteiger partial charge in [0.05, 0.1) is 23.2 Å². The molecule has 0 atom stereocenters. The summed E-state index contributed by atoms with van der Waals surface area (Å²) >= 11 is 5.05. The molecule has 0 aliphatic rings. The third-order valence-electron chi connectivity index (χ3n) is 4.37. The maximum Gasteiger partial charge on any atom is 0.252 e. The van der Waals surface area contributed by atoms with Crippen molar-refractivity contribution in [3.05, 3.63) is 62.4 Å². The van der Waals surface area contributed by atoms with Crippen molar-refractivity contribution in [2.24, 2.45) is 4.99 Å². The van der Waals surface area contributed by atoms with E-state index < -0.39 is 0 Å². The minimum atomic E-state index is -0.127. The Kier molecular flexibility index (Phi) is 6.63. The second-order valence-electron chi connectivity index (χ2n) is 6.46. The van der Waals surface area contributed by atoms with Crippen LogP contribution in [0.3, 0.4) is 0 Å². The molecule has 0 saturated carbocycles. The van der Waals surface area contributed by atoms with E-state index in [0.717, 1.165) is 30.6 Å². The van der Waals surface area contributed by atoms with Gasteiger partial charge in [-0.1, -0.05) is 51.0 Å². The fourth-order valence-electron chi connectivity index (χ4n) is 3.00. The monoisotopic (exact) mass is 446 g/mol. The van der Waals surface area contributed by atoms with Gasteiger partial charge < -0.3 is 9.30 Å². The summed E-state index contributed by atoms with van der Waals surface area (Å²) in [6, 6.07) is 12.3. The van der Waals surface area contributed by atoms with Gasteiger partial charge in [-0.2, -0.15) is 4.99 Å². The van der Waals surface area contributed by atoms with Crippen LogP contribution < -0.4 is 4.80 Å². The van der Waals surface area contributed by atoms with Gasteiger partial charge in [-0.05, 0) is 50.1 Å². The highest BCUT2D eigenvalue weighted by molar-refractivity contribution is 9.10. The Bertz CT molecular complexity index is 1040. The molecule has 0 aliphatic carbocycles. The molecule has 3 rings (SSSR count). The molecule has 2 aromatic carbocycles. The smallest absolute Gasteiger partial charge is 0.252 e. The number of aryl methyl sites for hydroxylation is 2. The highest BCUT2D eigenvalue weighted by atomic mass is 79.9. The number of halogens is 1. The summed E-state index contributed by atoms with van der Waals surface area (Å²) in [5, 5.41) is 0. The van der Waals surface area contributed by atoms with Crippen LogP contribution in [0.15, 0.2) is 45.9 Å². The van der Waals surface area contributed by atoms with Crippen LogP contribution in [0.25, 0.3) is 10.2 Å². The van der Waals surface area contributed by atoms with Crippen LogP contribution in [0.1, 0.15) is 23.6 Å². The van der Waals surface area contributed by atoms with E-state index in [4.69, 9.17) is 4.74 Å². The molecule has 0 N–H and O–H groups in total. The predicted octanol–water partition coefficient (Wildman–Crippen LogP) is 4.79. The maximum absolute atomic E-state index is 12.6. The van der Waals surface area contributed by atoms with Crippen LogP contribution in [0.5, 0.6) is 0 Å². The lowest BCUT2D eigenvalue weighted by molar-refractivity contribution is -0.117. The molecule has 6 heteroatoms. The number of aromatic nitrogens is 1. The first-order chi connectivity index (χ1) is 13.0. The van der Waals surface area contributed by atoms with Crippen molar-refractivity contribution in [2.45, 2.75) is 33.7 Å². The standard InChI is InChI=1S/C21H23BrN2O2S/c1-4-26-10-9-24-18-8-7-17(22)13-19(18)27-21(24)23-20(25)12-16-6-5-14(2)11-15(16)3/h5-8,11,13H,4,9-10,12H2,1-3H3. The third kappa shape index (κ3) is 4.94. The average molecular weight is 447 g/mol. The van der Waals surface area contributed by atoms with Crippen LogP contribution >= 0.6 is 27.3 Å². The van der Waals surface area contributed by atoms with Crippen LogP contribution in [-0.4, -0.2) is 23.7 Å². The molecular weight excluding hydrogens is 424 g/mol. The number of benzene rings is 2. The van der Waals surface area contributed by atoms with Crippen LogP contribution in [0.4, 0.5) is 0 Å². The fraction of sp³-hybridized carbons (Fsp3) is 0.333. The molecular formula is C21H23BrN2O2S. The van der Waals surface area contributed by atoms with Gasteiger partial charge in [0.2, 0.25) is 0 Å². The van der Waals surface area contributed by atoms with Gasteiger partial charge in [-0.15, -0.1) is 0 Å². The van der Waals surface area contributed by atoms with E-state index >= 15 is 0 Å². The van der Waals surface area contributed by atoms with E-state index in [0.29, 0.717) is 26.2 Å². The van der Waals surface area contributed by atoms with Gasteiger partial charge in [0.1, 0.15) is 0 Å². The fourth-order valence-corrected chi connectivity index (χ4v) is 4.63. The number of hydrogen-bond donors (Lipinski definition) is 0. The van der Waals surface area contributed by atoms with Crippen LogP contribution in [0.2, 0.25) is 0 Å². The first-order valence-corrected chi connectivity index (χ1v) is 10.6. The highest BCUT2D eigenvalue weighted by Crippen LogP contribution is 2.22. The lowest BCUT2D eigenvalue weighted by atomic mass is 10.0. The van der Waals surface area contributed by atoms with Crippen molar-refractivity contribution in [3.8, 4) is 0 Å². The van der Waals surface area contributed by atoms with E-state index in [1.165, 1.54) is 16.9 Å². The van der Waals surface area contributed by atoms with Crippen molar-refractivity contribution < 1.29 is 9.53 Å². The molecule has 27 heavy (non-hydrogen) atoms. The Labute approximate surface area is 171 Å². The molecule has 0 bridgehead atoms. The van der Waals surface area contributed by atoms with Gasteiger partial charge in [0.15, 0.2) is 4.80 Å². The minimum Gasteiger partial charge on any atom is -0.380 e. The molecule has 0 unspecified atom stereocenters. The number of carbonyl (C=O) groups is 1. The van der Waals surface area contributed by atoms with Crippen molar-refractivity contribution in [3.63, 3.8) is 0 Å². The Morgan fingerprint density at radius 1 is 1.22 bits per heavy atom. The molecule has 0 aliphatic heterocycles. The summed E-state index contributed by atoms with van der Waals surface area (Å²) in [7, 11) is 0. The van der Waals surface area contributed by atoms with E-state index in [1.54, 1.807) is 0 Å². The summed E-state index contributed by atoms with van der Waals surface area (Å²) in [6.07, 6.45) is 0.315. The normalized spacial score (nSPS) is 12.1. The molecule has 3 aromatic rings. The number of nitrogens with zero attached hydrogens (tertiary/aromatic N) is 2. The van der Waals surface area contributed by atoms with Gasteiger partial charge in [-0.3, -0.25) is 4.79 Å². The largest absolute Gasteiger partial charge is 0.380 e. The van der Waals surface area contributed by atoms with E-state index in [-0.39, 0.29) is 5.91 Å². The summed E-state index contributed by atoms with van der Waals surface area (Å²) in [5.41, 5.74) is 4.42. The number of rotatable bonds is 6. The number of thiazole rings is 1. The second kappa shape index (κ2) is 8.95. The molecule has 1 heterocycles. The van der Waals surface area contributed by atoms with Gasteiger partial charge >= 0.3 is 0 Å².